The molecule has 1 fully saturated rings. The van der Waals surface area contributed by atoms with Gasteiger partial charge in [-0.25, -0.2) is 21.9 Å². The van der Waals surface area contributed by atoms with Gasteiger partial charge >= 0.3 is 0 Å². The largest absolute Gasteiger partial charge is 0.341 e. The van der Waals surface area contributed by atoms with Gasteiger partial charge in [-0.05, 0) is 30.2 Å². The molecule has 0 bridgehead atoms. The smallest absolute Gasteiger partial charge is 0.240 e. The van der Waals surface area contributed by atoms with Gasteiger partial charge in [0.2, 0.25) is 15.9 Å². The monoisotopic (exact) mass is 437 g/mol. The Morgan fingerprint density at radius 2 is 1.73 bits per heavy atom. The van der Waals surface area contributed by atoms with Crippen LogP contribution in [0.2, 0.25) is 0 Å². The Morgan fingerprint density at radius 3 is 2.47 bits per heavy atom. The molecule has 6 nitrogen and oxygen atoms in total. The van der Waals surface area contributed by atoms with E-state index in [0.717, 1.165) is 38.2 Å². The van der Waals surface area contributed by atoms with Crippen LogP contribution in [-0.4, -0.2) is 56.8 Å². The summed E-state index contributed by atoms with van der Waals surface area (Å²) in [6.45, 7) is 3.57. The molecule has 1 aliphatic heterocycles. The van der Waals surface area contributed by atoms with Gasteiger partial charge in [-0.3, -0.25) is 9.69 Å². The van der Waals surface area contributed by atoms with Gasteiger partial charge in [0.25, 0.3) is 0 Å². The molecule has 0 aliphatic carbocycles. The van der Waals surface area contributed by atoms with Gasteiger partial charge in [0.15, 0.2) is 11.6 Å². The highest BCUT2D eigenvalue weighted by molar-refractivity contribution is 7.89. The van der Waals surface area contributed by atoms with Crippen molar-refractivity contribution in [3.8, 4) is 0 Å². The molecular formula is C21H25F2N3O3S. The SMILES string of the molecule is O=C(CCNS(=O)(=O)c1ccc(F)c(F)c1)N1CCCN(Cc2ccccc2)CC1. The summed E-state index contributed by atoms with van der Waals surface area (Å²) >= 11 is 0. The summed E-state index contributed by atoms with van der Waals surface area (Å²) in [5.74, 6) is -2.49. The molecular weight excluding hydrogens is 412 g/mol. The van der Waals surface area contributed by atoms with Gasteiger partial charge in [0.1, 0.15) is 0 Å². The van der Waals surface area contributed by atoms with Crippen molar-refractivity contribution in [1.29, 1.82) is 0 Å². The number of hydrogen-bond donors (Lipinski definition) is 1. The zero-order valence-electron chi connectivity index (χ0n) is 16.6. The molecule has 9 heteroatoms. The first-order chi connectivity index (χ1) is 14.3. The van der Waals surface area contributed by atoms with E-state index in [1.165, 1.54) is 5.56 Å². The van der Waals surface area contributed by atoms with E-state index in [2.05, 4.69) is 21.8 Å². The number of carbonyl (C=O) groups is 1. The number of nitrogens with one attached hydrogen (secondary N) is 1. The minimum absolute atomic E-state index is 0.00158. The Balaban J connectivity index is 1.47. The van der Waals surface area contributed by atoms with Crippen molar-refractivity contribution in [3.63, 3.8) is 0 Å². The van der Waals surface area contributed by atoms with Crippen molar-refractivity contribution in [3.05, 3.63) is 65.7 Å². The fraction of sp³-hybridized carbons (Fsp3) is 0.381. The van der Waals surface area contributed by atoms with Crippen molar-refractivity contribution in [2.45, 2.75) is 24.3 Å². The summed E-state index contributed by atoms with van der Waals surface area (Å²) in [5, 5.41) is 0. The normalized spacial score (nSPS) is 15.7. The van der Waals surface area contributed by atoms with Crippen LogP contribution in [0, 0.1) is 11.6 Å². The first-order valence-corrected chi connectivity index (χ1v) is 11.3. The van der Waals surface area contributed by atoms with Crippen LogP contribution in [-0.2, 0) is 21.4 Å². The average molecular weight is 438 g/mol. The second kappa shape index (κ2) is 10.1. The molecule has 0 unspecified atom stereocenters. The summed E-state index contributed by atoms with van der Waals surface area (Å²) in [7, 11) is -4.01. The van der Waals surface area contributed by atoms with Crippen LogP contribution in [0.5, 0.6) is 0 Å². The van der Waals surface area contributed by atoms with Crippen molar-refractivity contribution < 1.29 is 22.0 Å². The van der Waals surface area contributed by atoms with Crippen molar-refractivity contribution in [2.75, 3.05) is 32.7 Å². The first kappa shape index (κ1) is 22.3. The number of carbonyl (C=O) groups excluding carboxylic acids is 1. The number of amides is 1. The van der Waals surface area contributed by atoms with Crippen LogP contribution in [0.25, 0.3) is 0 Å². The second-order valence-corrected chi connectivity index (χ2v) is 8.99. The average Bonchev–Trinajstić information content (AvgIpc) is 2.96. The summed E-state index contributed by atoms with van der Waals surface area (Å²) in [6.07, 6.45) is 0.848. The van der Waals surface area contributed by atoms with Gasteiger partial charge in [-0.2, -0.15) is 0 Å². The van der Waals surface area contributed by atoms with Gasteiger partial charge in [-0.1, -0.05) is 30.3 Å². The van der Waals surface area contributed by atoms with E-state index in [1.807, 2.05) is 18.2 Å². The van der Waals surface area contributed by atoms with Crippen LogP contribution in [0.1, 0.15) is 18.4 Å². The Hall–Kier alpha value is -2.36. The number of sulfonamides is 1. The molecule has 1 saturated heterocycles. The Kier molecular flexibility index (Phi) is 7.52. The maximum atomic E-state index is 13.3. The van der Waals surface area contributed by atoms with E-state index in [9.17, 15) is 22.0 Å². The fourth-order valence-corrected chi connectivity index (χ4v) is 4.44. The molecule has 1 N–H and O–H groups in total. The summed E-state index contributed by atoms with van der Waals surface area (Å²) in [6, 6.07) is 12.5. The first-order valence-electron chi connectivity index (χ1n) is 9.84. The molecule has 1 aliphatic rings. The molecule has 0 spiro atoms. The lowest BCUT2D eigenvalue weighted by Gasteiger charge is -2.22. The molecule has 1 amide bonds. The third-order valence-corrected chi connectivity index (χ3v) is 6.48. The molecule has 0 aromatic heterocycles. The topological polar surface area (TPSA) is 69.7 Å². The Bertz CT molecular complexity index is 971. The third kappa shape index (κ3) is 6.07. The second-order valence-electron chi connectivity index (χ2n) is 7.22. The number of benzene rings is 2. The minimum Gasteiger partial charge on any atom is -0.341 e. The molecule has 0 atom stereocenters. The molecule has 0 saturated carbocycles. The maximum Gasteiger partial charge on any atom is 0.240 e. The lowest BCUT2D eigenvalue weighted by atomic mass is 10.2. The van der Waals surface area contributed by atoms with Gasteiger partial charge in [-0.15, -0.1) is 0 Å². The Labute approximate surface area is 175 Å². The quantitative estimate of drug-likeness (QED) is 0.722. The van der Waals surface area contributed by atoms with Crippen molar-refractivity contribution >= 4 is 15.9 Å². The standard InChI is InChI=1S/C21H25F2N3O3S/c22-19-8-7-18(15-20(19)23)30(28,29)24-10-9-21(27)26-12-4-11-25(13-14-26)16-17-5-2-1-3-6-17/h1-3,5-8,15,24H,4,9-14,16H2. The molecule has 0 radical (unpaired) electrons. The highest BCUT2D eigenvalue weighted by atomic mass is 32.2. The predicted octanol–water partition coefficient (Wildman–Crippen LogP) is 2.37. The molecule has 30 heavy (non-hydrogen) atoms. The van der Waals surface area contributed by atoms with Crippen LogP contribution in [0.3, 0.4) is 0 Å². The van der Waals surface area contributed by atoms with Crippen LogP contribution >= 0.6 is 0 Å². The lowest BCUT2D eigenvalue weighted by molar-refractivity contribution is -0.130. The third-order valence-electron chi connectivity index (χ3n) is 5.02. The lowest BCUT2D eigenvalue weighted by Crippen LogP contribution is -2.37. The highest BCUT2D eigenvalue weighted by Crippen LogP contribution is 2.14. The zero-order valence-corrected chi connectivity index (χ0v) is 17.4. The van der Waals surface area contributed by atoms with E-state index in [4.69, 9.17) is 0 Å². The molecule has 2 aromatic carbocycles. The number of nitrogens with zero attached hydrogens (tertiary/aromatic N) is 2. The predicted molar refractivity (Wildman–Crippen MR) is 109 cm³/mol. The molecule has 2 aromatic rings. The number of hydrogen-bond acceptors (Lipinski definition) is 4. The van der Waals surface area contributed by atoms with E-state index in [-0.39, 0.29) is 23.8 Å². The summed E-state index contributed by atoms with van der Waals surface area (Å²) in [5.41, 5.74) is 1.23. The van der Waals surface area contributed by atoms with E-state index < -0.39 is 21.7 Å². The highest BCUT2D eigenvalue weighted by Gasteiger charge is 2.21. The van der Waals surface area contributed by atoms with Gasteiger partial charge in [0, 0.05) is 45.7 Å². The summed E-state index contributed by atoms with van der Waals surface area (Å²) in [4.78, 5) is 16.2. The zero-order chi connectivity index (χ0) is 21.6. The van der Waals surface area contributed by atoms with Crippen LogP contribution in [0.4, 0.5) is 8.78 Å². The minimum atomic E-state index is -4.01. The number of rotatable bonds is 7. The number of halogens is 2. The van der Waals surface area contributed by atoms with Crippen LogP contribution in [0.15, 0.2) is 53.4 Å². The van der Waals surface area contributed by atoms with E-state index >= 15 is 0 Å². The van der Waals surface area contributed by atoms with Gasteiger partial charge in [0.05, 0.1) is 4.90 Å². The fourth-order valence-electron chi connectivity index (χ4n) is 3.40. The summed E-state index contributed by atoms with van der Waals surface area (Å²) < 4.78 is 52.9. The Morgan fingerprint density at radius 1 is 0.967 bits per heavy atom. The molecule has 3 rings (SSSR count). The van der Waals surface area contributed by atoms with E-state index in [0.29, 0.717) is 19.2 Å². The van der Waals surface area contributed by atoms with Crippen molar-refractivity contribution in [1.82, 2.24) is 14.5 Å². The maximum absolute atomic E-state index is 13.3. The van der Waals surface area contributed by atoms with Gasteiger partial charge < -0.3 is 4.90 Å². The van der Waals surface area contributed by atoms with E-state index in [1.54, 1.807) is 4.90 Å². The van der Waals surface area contributed by atoms with Crippen molar-refractivity contribution in [2.24, 2.45) is 0 Å². The molecule has 162 valence electrons. The molecule has 1 heterocycles. The van der Waals surface area contributed by atoms with Crippen LogP contribution < -0.4 is 4.72 Å².